The number of hydrogen-bond donors (Lipinski definition) is 2. The highest BCUT2D eigenvalue weighted by Gasteiger charge is 2.36. The van der Waals surface area contributed by atoms with E-state index in [0.717, 1.165) is 71.2 Å². The van der Waals surface area contributed by atoms with Gasteiger partial charge >= 0.3 is 0 Å². The molecule has 1 aliphatic heterocycles. The molecule has 2 fully saturated rings. The predicted molar refractivity (Wildman–Crippen MR) is 150 cm³/mol. The summed E-state index contributed by atoms with van der Waals surface area (Å²) in [5.41, 5.74) is 2.58. The molecule has 2 aromatic heterocycles. The Hall–Kier alpha value is -3.76. The molecule has 0 radical (unpaired) electrons. The Labute approximate surface area is 224 Å². The Morgan fingerprint density at radius 2 is 1.71 bits per heavy atom. The minimum absolute atomic E-state index is 0.240. The molecule has 0 unspecified atom stereocenters. The molecule has 3 heterocycles. The molecule has 1 aliphatic carbocycles. The van der Waals surface area contributed by atoms with Crippen LogP contribution in [0.3, 0.4) is 0 Å². The molecule has 1 saturated heterocycles. The molecule has 2 aromatic carbocycles. The maximum atomic E-state index is 11.6. The molecule has 0 bridgehead atoms. The molecule has 196 valence electrons. The molecule has 1 saturated carbocycles. The Morgan fingerprint density at radius 1 is 0.921 bits per heavy atom. The van der Waals surface area contributed by atoms with E-state index in [1.165, 1.54) is 0 Å². The van der Waals surface area contributed by atoms with Crippen LogP contribution in [0.15, 0.2) is 67.0 Å². The van der Waals surface area contributed by atoms with Gasteiger partial charge in [-0.05, 0) is 48.5 Å². The molecule has 0 amide bonds. The van der Waals surface area contributed by atoms with Gasteiger partial charge < -0.3 is 20.1 Å². The molecule has 0 atom stereocenters. The van der Waals surface area contributed by atoms with Crippen molar-refractivity contribution < 1.29 is 13.7 Å². The van der Waals surface area contributed by atoms with E-state index in [2.05, 4.69) is 30.5 Å². The van der Waals surface area contributed by atoms with Crippen LogP contribution in [0, 0.1) is 0 Å². The first-order valence-corrected chi connectivity index (χ1v) is 14.3. The fourth-order valence-corrected chi connectivity index (χ4v) is 5.90. The Balaban J connectivity index is 1.03. The number of nitrogens with one attached hydrogen (secondary N) is 2. The van der Waals surface area contributed by atoms with Crippen LogP contribution in [-0.4, -0.2) is 67.9 Å². The van der Waals surface area contributed by atoms with Gasteiger partial charge in [0.15, 0.2) is 0 Å². The lowest BCUT2D eigenvalue weighted by Gasteiger charge is -2.44. The lowest BCUT2D eigenvalue weighted by molar-refractivity contribution is 0.0215. The number of pyridine rings is 1. The van der Waals surface area contributed by atoms with Crippen LogP contribution < -0.4 is 20.1 Å². The average Bonchev–Trinajstić information content (AvgIpc) is 2.92. The van der Waals surface area contributed by atoms with Crippen molar-refractivity contribution in [2.75, 3.05) is 42.3 Å². The number of fused-ring (bicyclic) bond motifs is 1. The van der Waals surface area contributed by atoms with E-state index < -0.39 is 10.8 Å². The first kappa shape index (κ1) is 24.6. The van der Waals surface area contributed by atoms with Gasteiger partial charge in [-0.25, -0.2) is 4.98 Å². The van der Waals surface area contributed by atoms with E-state index in [9.17, 15) is 4.21 Å². The number of hydrogen-bond acceptors (Lipinski definition) is 9. The third-order valence-electron chi connectivity index (χ3n) is 7.03. The van der Waals surface area contributed by atoms with Crippen molar-refractivity contribution in [3.8, 4) is 11.5 Å². The van der Waals surface area contributed by atoms with Crippen molar-refractivity contribution in [2.45, 2.75) is 25.0 Å². The number of aromatic nitrogens is 3. The van der Waals surface area contributed by atoms with Crippen molar-refractivity contribution in [3.63, 3.8) is 0 Å². The van der Waals surface area contributed by atoms with Gasteiger partial charge in [0, 0.05) is 77.6 Å². The molecule has 2 aliphatic rings. The molecule has 4 aromatic rings. The summed E-state index contributed by atoms with van der Waals surface area (Å²) in [5.74, 6) is 4.40. The summed E-state index contributed by atoms with van der Waals surface area (Å²) in [7, 11) is 1.02. The van der Waals surface area contributed by atoms with Crippen LogP contribution in [0.25, 0.3) is 10.9 Å². The van der Waals surface area contributed by atoms with Gasteiger partial charge in [0.05, 0.1) is 24.5 Å². The lowest BCUT2D eigenvalue weighted by atomic mass is 9.87. The summed E-state index contributed by atoms with van der Waals surface area (Å²) < 4.78 is 23.0. The van der Waals surface area contributed by atoms with Crippen molar-refractivity contribution in [1.29, 1.82) is 0 Å². The minimum atomic E-state index is -0.627. The Kier molecular flexibility index (Phi) is 7.06. The van der Waals surface area contributed by atoms with Gasteiger partial charge in [-0.15, -0.1) is 0 Å². The molecular formula is C28H30N6O3S. The first-order valence-electron chi connectivity index (χ1n) is 12.8. The third-order valence-corrected chi connectivity index (χ3v) is 8.31. The molecule has 2 N–H and O–H groups in total. The zero-order valence-corrected chi connectivity index (χ0v) is 22.0. The summed E-state index contributed by atoms with van der Waals surface area (Å²) in [6.45, 7) is 1.88. The summed E-state index contributed by atoms with van der Waals surface area (Å²) in [4.78, 5) is 15.9. The lowest BCUT2D eigenvalue weighted by Crippen LogP contribution is -2.53. The van der Waals surface area contributed by atoms with Crippen molar-refractivity contribution >= 4 is 44.8 Å². The van der Waals surface area contributed by atoms with Gasteiger partial charge in [-0.3, -0.25) is 14.1 Å². The number of benzene rings is 2. The normalized spacial score (nSPS) is 20.0. The second-order valence-corrected chi connectivity index (χ2v) is 11.3. The van der Waals surface area contributed by atoms with Gasteiger partial charge in [-0.2, -0.15) is 4.98 Å². The third kappa shape index (κ3) is 5.71. The standard InChI is InChI=1S/C28H30N6O3S/c1-36-24-5-2-19-14-21(18-30-26(19)17-24)31-27-8-9-29-28(33-27)32-20-3-6-23(7-4-20)37-25-15-22(16-25)34-10-12-38(35)13-11-34/h2-9,14,17-18,22,25H,10-13,15-16H2,1H3,(H2,29,31,32,33). The van der Waals surface area contributed by atoms with Crippen LogP contribution in [0.5, 0.6) is 11.5 Å². The van der Waals surface area contributed by atoms with Crippen LogP contribution in [0.2, 0.25) is 0 Å². The molecule has 38 heavy (non-hydrogen) atoms. The Morgan fingerprint density at radius 3 is 2.50 bits per heavy atom. The number of nitrogens with zero attached hydrogens (tertiary/aromatic N) is 4. The highest BCUT2D eigenvalue weighted by Crippen LogP contribution is 2.31. The summed E-state index contributed by atoms with van der Waals surface area (Å²) >= 11 is 0. The van der Waals surface area contributed by atoms with E-state index in [1.807, 2.05) is 54.6 Å². The van der Waals surface area contributed by atoms with E-state index >= 15 is 0 Å². The largest absolute Gasteiger partial charge is 0.497 e. The molecule has 0 spiro atoms. The van der Waals surface area contributed by atoms with E-state index in [-0.39, 0.29) is 6.10 Å². The second kappa shape index (κ2) is 10.9. The zero-order valence-electron chi connectivity index (χ0n) is 21.2. The maximum absolute atomic E-state index is 11.6. The second-order valence-electron chi connectivity index (χ2n) is 9.57. The van der Waals surface area contributed by atoms with Gasteiger partial charge in [0.1, 0.15) is 23.4 Å². The fraction of sp³-hybridized carbons (Fsp3) is 0.321. The molecule has 6 rings (SSSR count). The average molecular weight is 531 g/mol. The highest BCUT2D eigenvalue weighted by atomic mass is 32.2. The van der Waals surface area contributed by atoms with Crippen molar-refractivity contribution in [3.05, 3.63) is 67.0 Å². The SMILES string of the molecule is COc1ccc2cc(Nc3ccnc(Nc4ccc(OC5CC(N6CCS(=O)CC6)C5)cc4)n3)cnc2c1. The number of rotatable bonds is 8. The summed E-state index contributed by atoms with van der Waals surface area (Å²) in [6, 6.07) is 18.1. The summed E-state index contributed by atoms with van der Waals surface area (Å²) in [6.07, 6.45) is 5.78. The minimum Gasteiger partial charge on any atom is -0.497 e. The molecular weight excluding hydrogens is 500 g/mol. The van der Waals surface area contributed by atoms with Crippen molar-refractivity contribution in [1.82, 2.24) is 19.9 Å². The monoisotopic (exact) mass is 530 g/mol. The topological polar surface area (TPSA) is 102 Å². The Bertz CT molecular complexity index is 1430. The molecule has 10 heteroatoms. The van der Waals surface area contributed by atoms with Crippen LogP contribution in [0.4, 0.5) is 23.1 Å². The maximum Gasteiger partial charge on any atom is 0.229 e. The van der Waals surface area contributed by atoms with Gasteiger partial charge in [0.2, 0.25) is 5.95 Å². The number of ether oxygens (including phenoxy) is 2. The number of methoxy groups -OCH3 is 1. The van der Waals surface area contributed by atoms with E-state index in [4.69, 9.17) is 9.47 Å². The number of anilines is 4. The first-order chi connectivity index (χ1) is 18.6. The molecule has 9 nitrogen and oxygen atoms in total. The van der Waals surface area contributed by atoms with Crippen LogP contribution in [0.1, 0.15) is 12.8 Å². The quantitative estimate of drug-likeness (QED) is 0.341. The van der Waals surface area contributed by atoms with E-state index in [1.54, 1.807) is 19.5 Å². The highest BCUT2D eigenvalue weighted by molar-refractivity contribution is 7.85. The van der Waals surface area contributed by atoms with Gasteiger partial charge in [-0.1, -0.05) is 0 Å². The fourth-order valence-electron chi connectivity index (χ4n) is 4.82. The summed E-state index contributed by atoms with van der Waals surface area (Å²) in [5, 5.41) is 7.56. The predicted octanol–water partition coefficient (Wildman–Crippen LogP) is 4.49. The zero-order chi connectivity index (χ0) is 25.9. The van der Waals surface area contributed by atoms with E-state index in [0.29, 0.717) is 17.8 Å². The smallest absolute Gasteiger partial charge is 0.229 e. The van der Waals surface area contributed by atoms with Crippen LogP contribution >= 0.6 is 0 Å². The van der Waals surface area contributed by atoms with Gasteiger partial charge in [0.25, 0.3) is 0 Å². The van der Waals surface area contributed by atoms with Crippen LogP contribution in [-0.2, 0) is 10.8 Å². The van der Waals surface area contributed by atoms with Crippen molar-refractivity contribution in [2.24, 2.45) is 0 Å².